The topological polar surface area (TPSA) is 87.8 Å². The van der Waals surface area contributed by atoms with Crippen LogP contribution in [0.1, 0.15) is 50.7 Å². The number of carbonyl (C=O) groups excluding carboxylic acids is 1. The third-order valence-electron chi connectivity index (χ3n) is 7.91. The number of amides is 1. The van der Waals surface area contributed by atoms with Crippen molar-refractivity contribution in [3.05, 3.63) is 69.2 Å². The molecule has 0 aromatic heterocycles. The monoisotopic (exact) mass is 579 g/mol. The molecule has 39 heavy (non-hydrogen) atoms. The lowest BCUT2D eigenvalue weighted by molar-refractivity contribution is -0.142. The number of fused-ring (bicyclic) bond motifs is 1. The fourth-order valence-electron chi connectivity index (χ4n) is 6.24. The van der Waals surface area contributed by atoms with Gasteiger partial charge in [-0.1, -0.05) is 62.2 Å². The number of nitriles is 1. The predicted octanol–water partition coefficient (Wildman–Crippen LogP) is 4.89. The highest BCUT2D eigenvalue weighted by molar-refractivity contribution is 6.31. The molecule has 210 valence electrons. The number of rotatable bonds is 7. The van der Waals surface area contributed by atoms with E-state index in [2.05, 4.69) is 6.07 Å². The van der Waals surface area contributed by atoms with Crippen LogP contribution in [0.2, 0.25) is 10.0 Å². The van der Waals surface area contributed by atoms with Crippen molar-refractivity contribution < 1.29 is 23.8 Å². The molecular weight excluding hydrogens is 547 g/mol. The Morgan fingerprint density at radius 3 is 2.54 bits per heavy atom. The van der Waals surface area contributed by atoms with Crippen LogP contribution < -0.4 is 0 Å². The van der Waals surface area contributed by atoms with E-state index in [9.17, 15) is 20.3 Å². The van der Waals surface area contributed by atoms with Gasteiger partial charge in [-0.3, -0.25) is 9.69 Å². The smallest absolute Gasteiger partial charge is 0.240 e. The zero-order valence-corrected chi connectivity index (χ0v) is 23.7. The lowest BCUT2D eigenvalue weighted by Crippen LogP contribution is -2.58. The average molecular weight is 581 g/mol. The fraction of sp³-hybridized carbons (Fsp3) is 0.517. The molecule has 2 N–H and O–H groups in total. The van der Waals surface area contributed by atoms with Crippen molar-refractivity contribution >= 4 is 29.1 Å². The third-order valence-corrected chi connectivity index (χ3v) is 8.44. The van der Waals surface area contributed by atoms with E-state index in [-0.39, 0.29) is 45.5 Å². The van der Waals surface area contributed by atoms with Gasteiger partial charge >= 0.3 is 0 Å². The van der Waals surface area contributed by atoms with Crippen LogP contribution in [0.4, 0.5) is 8.78 Å². The van der Waals surface area contributed by atoms with Crippen molar-refractivity contribution in [2.45, 2.75) is 63.1 Å². The van der Waals surface area contributed by atoms with Crippen LogP contribution in [0, 0.1) is 28.4 Å². The Hall–Kier alpha value is -2.28. The number of carbonyl (C=O) groups is 1. The van der Waals surface area contributed by atoms with Crippen LogP contribution in [0.15, 0.2) is 36.4 Å². The van der Waals surface area contributed by atoms with Gasteiger partial charge in [0.2, 0.25) is 5.91 Å². The summed E-state index contributed by atoms with van der Waals surface area (Å²) in [4.78, 5) is 17.6. The van der Waals surface area contributed by atoms with E-state index >= 15 is 8.78 Å². The highest BCUT2D eigenvalue weighted by Gasteiger charge is 2.66. The Labute approximate surface area is 237 Å². The molecule has 2 fully saturated rings. The molecule has 4 unspecified atom stereocenters. The maximum atomic E-state index is 15.8. The molecular formula is C29H33Cl2F2N3O3. The van der Waals surface area contributed by atoms with Gasteiger partial charge in [0, 0.05) is 42.2 Å². The van der Waals surface area contributed by atoms with Gasteiger partial charge in [0.15, 0.2) is 0 Å². The summed E-state index contributed by atoms with van der Waals surface area (Å²) in [5.74, 6) is -2.90. The summed E-state index contributed by atoms with van der Waals surface area (Å²) in [5, 5.41) is 30.1. The van der Waals surface area contributed by atoms with E-state index in [1.165, 1.54) is 24.3 Å². The molecule has 0 saturated carbocycles. The second-order valence-corrected chi connectivity index (χ2v) is 12.5. The maximum Gasteiger partial charge on any atom is 0.240 e. The quantitative estimate of drug-likeness (QED) is 0.487. The lowest BCUT2D eigenvalue weighted by Gasteiger charge is -2.42. The summed E-state index contributed by atoms with van der Waals surface area (Å²) < 4.78 is 31.6. The van der Waals surface area contributed by atoms with Crippen molar-refractivity contribution in [3.8, 4) is 6.07 Å². The van der Waals surface area contributed by atoms with Crippen molar-refractivity contribution in [2.24, 2.45) is 5.41 Å². The number of halogens is 4. The Kier molecular flexibility index (Phi) is 8.61. The molecule has 1 amide bonds. The molecule has 2 aromatic rings. The second kappa shape index (κ2) is 11.3. The molecule has 2 aliphatic rings. The van der Waals surface area contributed by atoms with Crippen LogP contribution in [0.25, 0.3) is 0 Å². The summed E-state index contributed by atoms with van der Waals surface area (Å²) in [6, 6.07) is 9.33. The standard InChI is InChI=1S/C29H33Cl2F2N3O3/c1-28(2,3)14-23-29(16-34,20-8-7-17(30)13-22(20)32)24(19-5-4-6-21(31)25(19)33)26-27(39)35(11-12-36(23)26)10-9-18(38)15-37/h4-8,13,18,23-24,26,37-38H,9-12,14-15H2,1-3H3/t18-,23?,24?,26?,29?/m0/s1. The summed E-state index contributed by atoms with van der Waals surface area (Å²) in [7, 11) is 0. The summed E-state index contributed by atoms with van der Waals surface area (Å²) >= 11 is 12.3. The number of benzene rings is 2. The normalized spacial score (nSPS) is 26.4. The van der Waals surface area contributed by atoms with Crippen LogP contribution in [0.5, 0.6) is 0 Å². The van der Waals surface area contributed by atoms with E-state index in [1.807, 2.05) is 25.7 Å². The van der Waals surface area contributed by atoms with Crippen molar-refractivity contribution in [2.75, 3.05) is 26.2 Å². The molecule has 4 rings (SSSR count). The van der Waals surface area contributed by atoms with Gasteiger partial charge < -0.3 is 15.1 Å². The molecule has 5 atom stereocenters. The van der Waals surface area contributed by atoms with E-state index in [4.69, 9.17) is 23.2 Å². The molecule has 2 heterocycles. The molecule has 10 heteroatoms. The Morgan fingerprint density at radius 1 is 1.21 bits per heavy atom. The first-order chi connectivity index (χ1) is 18.4. The van der Waals surface area contributed by atoms with E-state index in [0.29, 0.717) is 19.5 Å². The van der Waals surface area contributed by atoms with Crippen LogP contribution in [0.3, 0.4) is 0 Å². The molecule has 0 spiro atoms. The van der Waals surface area contributed by atoms with Crippen LogP contribution in [-0.2, 0) is 10.2 Å². The van der Waals surface area contributed by atoms with Crippen molar-refractivity contribution in [3.63, 3.8) is 0 Å². The molecule has 0 radical (unpaired) electrons. The summed E-state index contributed by atoms with van der Waals surface area (Å²) in [6.45, 7) is 6.43. The summed E-state index contributed by atoms with van der Waals surface area (Å²) in [5.41, 5.74) is -1.87. The van der Waals surface area contributed by atoms with Gasteiger partial charge in [-0.25, -0.2) is 8.78 Å². The van der Waals surface area contributed by atoms with Crippen molar-refractivity contribution in [1.82, 2.24) is 9.80 Å². The number of aliphatic hydroxyl groups excluding tert-OH is 2. The average Bonchev–Trinajstić information content (AvgIpc) is 3.14. The Bertz CT molecular complexity index is 1280. The SMILES string of the molecule is CC(C)(C)CC1N2CCN(CC[C@H](O)CO)C(=O)C2C(c2cccc(Cl)c2F)C1(C#N)c1ccc(Cl)cc1F. The maximum absolute atomic E-state index is 15.8. The first-order valence-electron chi connectivity index (χ1n) is 13.0. The molecule has 2 aliphatic heterocycles. The third kappa shape index (κ3) is 5.40. The van der Waals surface area contributed by atoms with Gasteiger partial charge in [-0.15, -0.1) is 0 Å². The van der Waals surface area contributed by atoms with Crippen molar-refractivity contribution in [1.29, 1.82) is 5.26 Å². The van der Waals surface area contributed by atoms with Crippen LogP contribution in [-0.4, -0.2) is 70.3 Å². The number of hydrogen-bond donors (Lipinski definition) is 2. The highest BCUT2D eigenvalue weighted by atomic mass is 35.5. The van der Waals surface area contributed by atoms with Gasteiger partial charge in [0.05, 0.1) is 29.8 Å². The lowest BCUT2D eigenvalue weighted by atomic mass is 9.62. The van der Waals surface area contributed by atoms with Gasteiger partial charge in [0.25, 0.3) is 0 Å². The number of nitrogens with zero attached hydrogens (tertiary/aromatic N) is 3. The minimum absolute atomic E-state index is 0.0532. The minimum atomic E-state index is -1.66. The van der Waals surface area contributed by atoms with Crippen LogP contribution >= 0.6 is 23.2 Å². The first-order valence-corrected chi connectivity index (χ1v) is 13.8. The number of hydrogen-bond acceptors (Lipinski definition) is 5. The second-order valence-electron chi connectivity index (χ2n) is 11.6. The molecule has 6 nitrogen and oxygen atoms in total. The molecule has 0 bridgehead atoms. The Morgan fingerprint density at radius 2 is 1.92 bits per heavy atom. The first kappa shape index (κ1) is 29.7. The summed E-state index contributed by atoms with van der Waals surface area (Å²) in [6.07, 6.45) is -0.407. The molecule has 0 aliphatic carbocycles. The van der Waals surface area contributed by atoms with Gasteiger partial charge in [0.1, 0.15) is 17.0 Å². The zero-order chi connectivity index (χ0) is 28.7. The van der Waals surface area contributed by atoms with E-state index in [0.717, 1.165) is 6.07 Å². The van der Waals surface area contributed by atoms with E-state index < -0.39 is 47.8 Å². The zero-order valence-electron chi connectivity index (χ0n) is 22.2. The molecule has 2 aromatic carbocycles. The number of piperazine rings is 1. The fourth-order valence-corrected chi connectivity index (χ4v) is 6.59. The Balaban J connectivity index is 1.98. The predicted molar refractivity (Wildman–Crippen MR) is 145 cm³/mol. The van der Waals surface area contributed by atoms with Gasteiger partial charge in [-0.2, -0.15) is 5.26 Å². The largest absolute Gasteiger partial charge is 0.394 e. The van der Waals surface area contributed by atoms with Gasteiger partial charge in [-0.05, 0) is 42.0 Å². The molecule has 2 saturated heterocycles. The van der Waals surface area contributed by atoms with E-state index in [1.54, 1.807) is 11.0 Å². The number of aliphatic hydroxyl groups is 2. The highest BCUT2D eigenvalue weighted by Crippen LogP contribution is 2.57. The minimum Gasteiger partial charge on any atom is -0.394 e.